The molecule has 120 valence electrons. The highest BCUT2D eigenvalue weighted by Crippen LogP contribution is 2.00. The molecular weight excluding hydrogens is 312 g/mol. The van der Waals surface area contributed by atoms with Gasteiger partial charge in [0.25, 0.3) is 5.95 Å². The van der Waals surface area contributed by atoms with Gasteiger partial charge in [-0.05, 0) is 35.5 Å². The average Bonchev–Trinajstić information content (AvgIpc) is 2.99. The van der Waals surface area contributed by atoms with Crippen LogP contribution < -0.4 is 10.6 Å². The summed E-state index contributed by atoms with van der Waals surface area (Å²) in [6, 6.07) is 9.52. The lowest BCUT2D eigenvalue weighted by Gasteiger charge is -2.03. The van der Waals surface area contributed by atoms with Crippen LogP contribution in [0.4, 0.5) is 5.95 Å². The molecule has 0 fully saturated rings. The highest BCUT2D eigenvalue weighted by atomic mass is 32.1. The van der Waals surface area contributed by atoms with Crippen LogP contribution in [0.15, 0.2) is 36.4 Å². The minimum absolute atomic E-state index is 0.128. The van der Waals surface area contributed by atoms with Crippen molar-refractivity contribution in [2.45, 2.75) is 26.3 Å². The number of carbonyl (C=O) groups excluding carboxylic acids is 1. The molecule has 1 heterocycles. The van der Waals surface area contributed by atoms with Crippen molar-refractivity contribution >= 4 is 35.3 Å². The number of hydrogen-bond acceptors (Lipinski definition) is 5. The third-order valence-corrected chi connectivity index (χ3v) is 3.06. The summed E-state index contributed by atoms with van der Waals surface area (Å²) in [5.74, 6) is -0.0665. The first kappa shape index (κ1) is 16.8. The third kappa shape index (κ3) is 5.95. The van der Waals surface area contributed by atoms with E-state index in [9.17, 15) is 4.79 Å². The Labute approximate surface area is 139 Å². The number of aromatic nitrogens is 4. The van der Waals surface area contributed by atoms with Gasteiger partial charge in [0.15, 0.2) is 5.11 Å². The lowest BCUT2D eigenvalue weighted by molar-refractivity contribution is -0.115. The number of nitrogens with zero attached hydrogens (tertiary/aromatic N) is 4. The van der Waals surface area contributed by atoms with Crippen LogP contribution in [-0.2, 0) is 11.3 Å². The number of benzene rings is 1. The Hall–Kier alpha value is -2.61. The summed E-state index contributed by atoms with van der Waals surface area (Å²) < 4.78 is 0. The zero-order valence-electron chi connectivity index (χ0n) is 12.8. The molecule has 0 saturated carbocycles. The Kier molecular flexibility index (Phi) is 6.37. The quantitative estimate of drug-likeness (QED) is 0.622. The first-order valence-corrected chi connectivity index (χ1v) is 7.71. The van der Waals surface area contributed by atoms with E-state index < -0.39 is 0 Å². The zero-order valence-corrected chi connectivity index (χ0v) is 13.6. The first-order valence-electron chi connectivity index (χ1n) is 7.30. The molecule has 23 heavy (non-hydrogen) atoms. The molecule has 0 aliphatic carbocycles. The summed E-state index contributed by atoms with van der Waals surface area (Å²) in [5, 5.41) is 17.2. The molecule has 0 aliphatic heterocycles. The fourth-order valence-corrected chi connectivity index (χ4v) is 1.90. The highest BCUT2D eigenvalue weighted by molar-refractivity contribution is 7.80. The number of aryl methyl sites for hydroxylation is 1. The predicted octanol–water partition coefficient (Wildman–Crippen LogP) is 2.00. The Morgan fingerprint density at radius 2 is 2.13 bits per heavy atom. The van der Waals surface area contributed by atoms with Crippen LogP contribution in [-0.4, -0.2) is 31.2 Å². The number of anilines is 1. The fraction of sp³-hybridized carbons (Fsp3) is 0.267. The topological polar surface area (TPSA) is 84.7 Å². The van der Waals surface area contributed by atoms with Gasteiger partial charge in [-0.3, -0.25) is 15.4 Å². The van der Waals surface area contributed by atoms with Gasteiger partial charge in [0.2, 0.25) is 5.91 Å². The molecular formula is C15H18N6OS. The molecule has 0 spiro atoms. The molecule has 0 bridgehead atoms. The molecule has 8 heteroatoms. The van der Waals surface area contributed by atoms with Crippen LogP contribution in [0.1, 0.15) is 25.3 Å². The molecule has 2 rings (SSSR count). The van der Waals surface area contributed by atoms with Crippen molar-refractivity contribution in [1.29, 1.82) is 0 Å². The normalized spacial score (nSPS) is 10.7. The van der Waals surface area contributed by atoms with Crippen LogP contribution in [0.3, 0.4) is 0 Å². The summed E-state index contributed by atoms with van der Waals surface area (Å²) in [4.78, 5) is 13.3. The smallest absolute Gasteiger partial charge is 0.269 e. The number of thiocarbonyl (C=S) groups is 1. The van der Waals surface area contributed by atoms with Crippen LogP contribution in [0.2, 0.25) is 0 Å². The largest absolute Gasteiger partial charge is 0.299 e. The fourth-order valence-electron chi connectivity index (χ4n) is 1.71. The van der Waals surface area contributed by atoms with Gasteiger partial charge in [0.05, 0.1) is 6.54 Å². The molecule has 2 aromatic rings. The van der Waals surface area contributed by atoms with Gasteiger partial charge >= 0.3 is 0 Å². The summed E-state index contributed by atoms with van der Waals surface area (Å²) in [5.41, 5.74) is 0.932. The second kappa shape index (κ2) is 8.74. The average molecular weight is 330 g/mol. The monoisotopic (exact) mass is 330 g/mol. The summed E-state index contributed by atoms with van der Waals surface area (Å²) in [6.45, 7) is 2.79. The van der Waals surface area contributed by atoms with Crippen molar-refractivity contribution in [2.24, 2.45) is 0 Å². The van der Waals surface area contributed by atoms with E-state index in [4.69, 9.17) is 12.2 Å². The van der Waals surface area contributed by atoms with Crippen molar-refractivity contribution in [1.82, 2.24) is 25.5 Å². The molecule has 1 aromatic heterocycles. The van der Waals surface area contributed by atoms with Gasteiger partial charge in [0, 0.05) is 6.08 Å². The van der Waals surface area contributed by atoms with Gasteiger partial charge in [-0.1, -0.05) is 48.8 Å². The number of amides is 1. The van der Waals surface area contributed by atoms with Gasteiger partial charge < -0.3 is 0 Å². The maximum absolute atomic E-state index is 11.8. The van der Waals surface area contributed by atoms with Crippen molar-refractivity contribution < 1.29 is 4.79 Å². The molecule has 0 aliphatic rings. The maximum atomic E-state index is 11.8. The van der Waals surface area contributed by atoms with Crippen molar-refractivity contribution in [3.63, 3.8) is 0 Å². The van der Waals surface area contributed by atoms with Crippen molar-refractivity contribution in [2.75, 3.05) is 5.32 Å². The third-order valence-electron chi connectivity index (χ3n) is 2.85. The molecule has 2 N–H and O–H groups in total. The number of hydrogen-bond donors (Lipinski definition) is 2. The number of nitrogens with one attached hydrogen (secondary N) is 2. The second-order valence-electron chi connectivity index (χ2n) is 4.75. The SMILES string of the molecule is CCCCn1nnc(NC(=S)NC(=O)C=Cc2ccccc2)n1. The molecule has 0 saturated heterocycles. The number of unbranched alkanes of at least 4 members (excludes halogenated alkanes) is 1. The number of tetrazole rings is 1. The molecule has 0 atom stereocenters. The highest BCUT2D eigenvalue weighted by Gasteiger charge is 2.06. The zero-order chi connectivity index (χ0) is 16.5. The molecule has 1 amide bonds. The van der Waals surface area contributed by atoms with E-state index in [-0.39, 0.29) is 17.0 Å². The van der Waals surface area contributed by atoms with E-state index in [1.165, 1.54) is 10.9 Å². The maximum Gasteiger partial charge on any atom is 0.269 e. The van der Waals surface area contributed by atoms with Crippen LogP contribution >= 0.6 is 12.2 Å². The number of carbonyl (C=O) groups is 1. The van der Waals surface area contributed by atoms with E-state index >= 15 is 0 Å². The molecule has 0 unspecified atom stereocenters. The minimum Gasteiger partial charge on any atom is -0.299 e. The summed E-state index contributed by atoms with van der Waals surface area (Å²) >= 11 is 5.05. The Bertz CT molecular complexity index is 682. The van der Waals surface area contributed by atoms with Gasteiger partial charge in [-0.15, -0.1) is 5.10 Å². The number of rotatable bonds is 6. The summed E-state index contributed by atoms with van der Waals surface area (Å²) in [6.07, 6.45) is 5.14. The lowest BCUT2D eigenvalue weighted by atomic mass is 10.2. The van der Waals surface area contributed by atoms with Crippen LogP contribution in [0.25, 0.3) is 6.08 Å². The Balaban J connectivity index is 1.81. The minimum atomic E-state index is -0.329. The standard InChI is InChI=1S/C15H18N6OS/c1-2-3-11-21-19-14(18-20-21)17-15(23)16-13(22)10-9-12-7-5-4-6-8-12/h4-10H,2-3,11H2,1H3,(H2,16,17,19,22,23). The van der Waals surface area contributed by atoms with Crippen LogP contribution in [0, 0.1) is 0 Å². The van der Waals surface area contributed by atoms with E-state index in [2.05, 4.69) is 33.0 Å². The summed E-state index contributed by atoms with van der Waals surface area (Å²) in [7, 11) is 0. The molecule has 1 aromatic carbocycles. The van der Waals surface area contributed by atoms with E-state index in [1.54, 1.807) is 6.08 Å². The first-order chi connectivity index (χ1) is 11.2. The predicted molar refractivity (Wildman–Crippen MR) is 92.6 cm³/mol. The van der Waals surface area contributed by atoms with Crippen molar-refractivity contribution in [3.05, 3.63) is 42.0 Å². The second-order valence-corrected chi connectivity index (χ2v) is 5.16. The van der Waals surface area contributed by atoms with Crippen LogP contribution in [0.5, 0.6) is 0 Å². The van der Waals surface area contributed by atoms with Gasteiger partial charge in [0.1, 0.15) is 0 Å². The molecule has 0 radical (unpaired) electrons. The van der Waals surface area contributed by atoms with E-state index in [0.717, 1.165) is 18.4 Å². The lowest BCUT2D eigenvalue weighted by Crippen LogP contribution is -2.33. The van der Waals surface area contributed by atoms with E-state index in [1.807, 2.05) is 30.3 Å². The molecule has 7 nitrogen and oxygen atoms in total. The van der Waals surface area contributed by atoms with Gasteiger partial charge in [-0.2, -0.15) is 4.80 Å². The van der Waals surface area contributed by atoms with Crippen molar-refractivity contribution in [3.8, 4) is 0 Å². The van der Waals surface area contributed by atoms with E-state index in [0.29, 0.717) is 6.54 Å². The van der Waals surface area contributed by atoms with Gasteiger partial charge in [-0.25, -0.2) is 0 Å². The Morgan fingerprint density at radius 3 is 2.87 bits per heavy atom. The Morgan fingerprint density at radius 1 is 1.35 bits per heavy atom.